The predicted octanol–water partition coefficient (Wildman–Crippen LogP) is 18.2. The van der Waals surface area contributed by atoms with Crippen molar-refractivity contribution >= 4 is 11.9 Å². The maximum absolute atomic E-state index is 13.3. The zero-order valence-electron chi connectivity index (χ0n) is 44.8. The summed E-state index contributed by atoms with van der Waals surface area (Å²) >= 11 is 0. The Balaban J connectivity index is 4.58. The minimum atomic E-state index is -0.792. The van der Waals surface area contributed by atoms with Crippen LogP contribution in [0.5, 0.6) is 0 Å². The maximum atomic E-state index is 13.3. The minimum absolute atomic E-state index is 0.0704. The van der Waals surface area contributed by atoms with Crippen molar-refractivity contribution in [1.82, 2.24) is 5.32 Å². The number of rotatable bonds is 53. The minimum Gasteiger partial charge on any atom is -0.462 e. The van der Waals surface area contributed by atoms with Gasteiger partial charge in [0.1, 0.15) is 6.10 Å². The summed E-state index contributed by atoms with van der Waals surface area (Å²) in [5.74, 6) is -0.479. The molecule has 3 N–H and O–H groups in total. The first kappa shape index (κ1) is 64.8. The van der Waals surface area contributed by atoms with E-state index in [1.165, 1.54) is 173 Å². The summed E-state index contributed by atoms with van der Waals surface area (Å²) in [7, 11) is 0. The van der Waals surface area contributed by atoms with Crippen LogP contribution in [0.2, 0.25) is 0 Å². The van der Waals surface area contributed by atoms with Crippen LogP contribution in [0.3, 0.4) is 0 Å². The van der Waals surface area contributed by atoms with E-state index in [2.05, 4.69) is 74.7 Å². The number of esters is 1. The van der Waals surface area contributed by atoms with Crippen molar-refractivity contribution in [3.63, 3.8) is 0 Å². The number of aliphatic hydroxyl groups is 2. The molecular formula is C61H113NO5. The molecule has 6 nitrogen and oxygen atoms in total. The van der Waals surface area contributed by atoms with E-state index in [9.17, 15) is 19.8 Å². The van der Waals surface area contributed by atoms with Gasteiger partial charge in [0.25, 0.3) is 0 Å². The SMILES string of the molecule is CCCCC/C=C\C/C=C\CCCCCCCCCC(=O)OC(CCCCCCCCC/C=C\C/C=C\CCCCC)CC(=O)NC(CO)C(O)CCCCCCCCCCCCCCCC. The smallest absolute Gasteiger partial charge is 0.306 e. The first-order chi connectivity index (χ1) is 33.0. The van der Waals surface area contributed by atoms with Crippen molar-refractivity contribution in [3.05, 3.63) is 48.6 Å². The van der Waals surface area contributed by atoms with Gasteiger partial charge in [0.05, 0.1) is 25.2 Å². The van der Waals surface area contributed by atoms with Crippen molar-refractivity contribution in [2.75, 3.05) is 6.61 Å². The number of hydrogen-bond donors (Lipinski definition) is 3. The van der Waals surface area contributed by atoms with Crippen LogP contribution in [0, 0.1) is 0 Å². The second kappa shape index (κ2) is 54.8. The van der Waals surface area contributed by atoms with Gasteiger partial charge in [0.2, 0.25) is 5.91 Å². The van der Waals surface area contributed by atoms with E-state index in [1.807, 2.05) is 0 Å². The molecule has 0 aromatic heterocycles. The molecule has 392 valence electrons. The van der Waals surface area contributed by atoms with Gasteiger partial charge in [-0.15, -0.1) is 0 Å². The lowest BCUT2D eigenvalue weighted by Crippen LogP contribution is -2.46. The van der Waals surface area contributed by atoms with E-state index in [1.54, 1.807) is 0 Å². The van der Waals surface area contributed by atoms with Gasteiger partial charge < -0.3 is 20.3 Å². The largest absolute Gasteiger partial charge is 0.462 e. The third-order valence-corrected chi connectivity index (χ3v) is 13.4. The molecule has 0 aliphatic carbocycles. The molecule has 67 heavy (non-hydrogen) atoms. The molecule has 3 atom stereocenters. The highest BCUT2D eigenvalue weighted by atomic mass is 16.5. The van der Waals surface area contributed by atoms with E-state index in [4.69, 9.17) is 4.74 Å². The fraction of sp³-hybridized carbons (Fsp3) is 0.836. The molecule has 0 radical (unpaired) electrons. The summed E-state index contributed by atoms with van der Waals surface area (Å²) in [6.07, 6.45) is 67.4. The lowest BCUT2D eigenvalue weighted by atomic mass is 10.0. The first-order valence-corrected chi connectivity index (χ1v) is 29.4. The molecule has 0 aromatic rings. The highest BCUT2D eigenvalue weighted by Gasteiger charge is 2.24. The Labute approximate surface area is 416 Å². The zero-order chi connectivity index (χ0) is 48.8. The van der Waals surface area contributed by atoms with Gasteiger partial charge in [0, 0.05) is 6.42 Å². The molecule has 0 saturated heterocycles. The molecular weight excluding hydrogens is 827 g/mol. The first-order valence-electron chi connectivity index (χ1n) is 29.4. The quantitative estimate of drug-likeness (QED) is 0.0321. The van der Waals surface area contributed by atoms with E-state index in [0.717, 1.165) is 83.5 Å². The third kappa shape index (κ3) is 50.0. The molecule has 0 spiro atoms. The van der Waals surface area contributed by atoms with Crippen LogP contribution < -0.4 is 5.32 Å². The zero-order valence-corrected chi connectivity index (χ0v) is 44.8. The van der Waals surface area contributed by atoms with Crippen molar-refractivity contribution < 1.29 is 24.5 Å². The van der Waals surface area contributed by atoms with Gasteiger partial charge in [-0.1, -0.05) is 249 Å². The molecule has 0 fully saturated rings. The summed E-state index contributed by atoms with van der Waals surface area (Å²) in [6.45, 7) is 6.46. The lowest BCUT2D eigenvalue weighted by molar-refractivity contribution is -0.151. The Hall–Kier alpha value is -2.18. The lowest BCUT2D eigenvalue weighted by Gasteiger charge is -2.24. The van der Waals surface area contributed by atoms with Crippen molar-refractivity contribution in [2.45, 2.75) is 322 Å². The summed E-state index contributed by atoms with van der Waals surface area (Å²) in [6, 6.07) is -0.706. The van der Waals surface area contributed by atoms with Crippen LogP contribution in [0.15, 0.2) is 48.6 Å². The molecule has 0 aromatic carbocycles. The van der Waals surface area contributed by atoms with E-state index < -0.39 is 18.2 Å². The van der Waals surface area contributed by atoms with Crippen LogP contribution in [0.1, 0.15) is 303 Å². The number of allylic oxidation sites excluding steroid dienone is 8. The standard InChI is InChI=1S/C61H113NO5/c1-4-7-10-13-16-19-22-25-28-30-32-34-37-40-43-46-49-52-57(67-61(66)54-51-48-45-42-39-36-33-31-29-26-23-20-17-14-11-8-5-2)55-60(65)62-58(56-63)59(64)53-50-47-44-41-38-35-27-24-21-18-15-12-9-6-3/h16-17,19-20,25-26,28-29,57-59,63-64H,4-15,18,21-24,27,30-56H2,1-3H3,(H,62,65)/b19-16-,20-17-,28-25-,29-26-. The second-order valence-corrected chi connectivity index (χ2v) is 20.0. The summed E-state index contributed by atoms with van der Waals surface area (Å²) in [5, 5.41) is 23.9. The molecule has 0 bridgehead atoms. The Kier molecular flexibility index (Phi) is 53.0. The van der Waals surface area contributed by atoms with Crippen molar-refractivity contribution in [3.8, 4) is 0 Å². The molecule has 3 unspecified atom stereocenters. The molecule has 1 amide bonds. The summed E-state index contributed by atoms with van der Waals surface area (Å²) in [5.41, 5.74) is 0. The van der Waals surface area contributed by atoms with E-state index in [0.29, 0.717) is 19.3 Å². The Morgan fingerprint density at radius 1 is 0.433 bits per heavy atom. The Bertz CT molecular complexity index is 1150. The van der Waals surface area contributed by atoms with Crippen LogP contribution in [-0.2, 0) is 14.3 Å². The fourth-order valence-corrected chi connectivity index (χ4v) is 8.90. The number of nitrogens with one attached hydrogen (secondary N) is 1. The third-order valence-electron chi connectivity index (χ3n) is 13.4. The van der Waals surface area contributed by atoms with Gasteiger partial charge in [-0.05, 0) is 89.9 Å². The normalized spacial score (nSPS) is 13.4. The topological polar surface area (TPSA) is 95.9 Å². The Morgan fingerprint density at radius 2 is 0.761 bits per heavy atom. The second-order valence-electron chi connectivity index (χ2n) is 20.0. The highest BCUT2D eigenvalue weighted by molar-refractivity contribution is 5.77. The number of carbonyl (C=O) groups is 2. The summed E-state index contributed by atoms with van der Waals surface area (Å²) < 4.78 is 5.97. The van der Waals surface area contributed by atoms with Crippen molar-refractivity contribution in [2.24, 2.45) is 0 Å². The molecule has 0 rings (SSSR count). The maximum Gasteiger partial charge on any atom is 0.306 e. The van der Waals surface area contributed by atoms with Gasteiger partial charge in [0.15, 0.2) is 0 Å². The predicted molar refractivity (Wildman–Crippen MR) is 292 cm³/mol. The number of ether oxygens (including phenoxy) is 1. The fourth-order valence-electron chi connectivity index (χ4n) is 8.90. The van der Waals surface area contributed by atoms with Crippen LogP contribution in [0.25, 0.3) is 0 Å². The number of aliphatic hydroxyl groups excluding tert-OH is 2. The van der Waals surface area contributed by atoms with Crippen molar-refractivity contribution in [1.29, 1.82) is 0 Å². The average Bonchev–Trinajstić information content (AvgIpc) is 3.32. The molecule has 0 aliphatic rings. The van der Waals surface area contributed by atoms with Gasteiger partial charge in [-0.3, -0.25) is 9.59 Å². The monoisotopic (exact) mass is 940 g/mol. The molecule has 0 heterocycles. The number of unbranched alkanes of at least 4 members (excludes halogenated alkanes) is 33. The molecule has 0 saturated carbocycles. The molecule has 6 heteroatoms. The van der Waals surface area contributed by atoms with Gasteiger partial charge in [-0.25, -0.2) is 0 Å². The van der Waals surface area contributed by atoms with E-state index in [-0.39, 0.29) is 24.9 Å². The number of amides is 1. The number of hydrogen-bond acceptors (Lipinski definition) is 5. The number of carbonyl (C=O) groups excluding carboxylic acids is 2. The molecule has 0 aliphatic heterocycles. The summed E-state index contributed by atoms with van der Waals surface area (Å²) in [4.78, 5) is 26.3. The average molecular weight is 941 g/mol. The van der Waals surface area contributed by atoms with Gasteiger partial charge in [-0.2, -0.15) is 0 Å². The van der Waals surface area contributed by atoms with E-state index >= 15 is 0 Å². The van der Waals surface area contributed by atoms with Crippen LogP contribution in [-0.4, -0.2) is 46.9 Å². The van der Waals surface area contributed by atoms with Gasteiger partial charge >= 0.3 is 5.97 Å². The van der Waals surface area contributed by atoms with Crippen LogP contribution >= 0.6 is 0 Å². The Morgan fingerprint density at radius 3 is 1.16 bits per heavy atom. The van der Waals surface area contributed by atoms with Crippen LogP contribution in [0.4, 0.5) is 0 Å². The highest BCUT2D eigenvalue weighted by Crippen LogP contribution is 2.18.